The fourth-order valence-corrected chi connectivity index (χ4v) is 11.7. The van der Waals surface area contributed by atoms with Gasteiger partial charge < -0.3 is 45.1 Å². The summed E-state index contributed by atoms with van der Waals surface area (Å²) in [6.45, 7) is 4.32. The molecule has 0 saturated carbocycles. The molecule has 0 bridgehead atoms. The van der Waals surface area contributed by atoms with Crippen LogP contribution in [0.4, 0.5) is 0 Å². The zero-order valence-electron chi connectivity index (χ0n) is 55.6. The highest BCUT2D eigenvalue weighted by molar-refractivity contribution is 5.76. The summed E-state index contributed by atoms with van der Waals surface area (Å²) >= 11 is 0. The number of hydrogen-bond acceptors (Lipinski definition) is 10. The van der Waals surface area contributed by atoms with E-state index in [1.807, 2.05) is 6.08 Å². The quantitative estimate of drug-likeness (QED) is 0.0195. The Morgan fingerprint density at radius 3 is 1.19 bits per heavy atom. The van der Waals surface area contributed by atoms with E-state index in [1.54, 1.807) is 6.08 Å². The van der Waals surface area contributed by atoms with E-state index in [4.69, 9.17) is 14.2 Å². The number of hydrogen-bond donors (Lipinski definition) is 6. The Bertz CT molecular complexity index is 1510. The zero-order chi connectivity index (χ0) is 61.6. The summed E-state index contributed by atoms with van der Waals surface area (Å²) in [7, 11) is 0. The largest absolute Gasteiger partial charge is 0.466 e. The van der Waals surface area contributed by atoms with Gasteiger partial charge in [0.2, 0.25) is 5.91 Å². The van der Waals surface area contributed by atoms with Crippen molar-refractivity contribution in [3.8, 4) is 0 Å². The lowest BCUT2D eigenvalue weighted by Crippen LogP contribution is -2.60. The van der Waals surface area contributed by atoms with Crippen molar-refractivity contribution in [1.82, 2.24) is 5.32 Å². The molecular weight excluding hydrogens is 1060 g/mol. The van der Waals surface area contributed by atoms with Crippen molar-refractivity contribution in [3.05, 3.63) is 36.5 Å². The van der Waals surface area contributed by atoms with E-state index >= 15 is 0 Å². The van der Waals surface area contributed by atoms with E-state index < -0.39 is 49.5 Å². The van der Waals surface area contributed by atoms with Crippen LogP contribution >= 0.6 is 0 Å². The Morgan fingerprint density at radius 2 is 0.765 bits per heavy atom. The summed E-state index contributed by atoms with van der Waals surface area (Å²) in [5.74, 6) is -0.178. The first-order valence-corrected chi connectivity index (χ1v) is 36.8. The van der Waals surface area contributed by atoms with Crippen LogP contribution in [0.3, 0.4) is 0 Å². The molecule has 1 fully saturated rings. The van der Waals surface area contributed by atoms with Crippen LogP contribution in [0.1, 0.15) is 361 Å². The van der Waals surface area contributed by atoms with Gasteiger partial charge in [-0.15, -0.1) is 0 Å². The van der Waals surface area contributed by atoms with Gasteiger partial charge in [-0.3, -0.25) is 9.59 Å². The molecule has 0 aromatic heterocycles. The number of unbranched alkanes of at least 4 members (excludes halogenated alkanes) is 47. The second-order valence-electron chi connectivity index (χ2n) is 25.6. The predicted molar refractivity (Wildman–Crippen MR) is 357 cm³/mol. The summed E-state index contributed by atoms with van der Waals surface area (Å²) < 4.78 is 16.7. The minimum absolute atomic E-state index is 0.0134. The van der Waals surface area contributed by atoms with Gasteiger partial charge in [0.1, 0.15) is 24.4 Å². The maximum Gasteiger partial charge on any atom is 0.305 e. The molecule has 1 aliphatic heterocycles. The summed E-state index contributed by atoms with van der Waals surface area (Å²) in [4.78, 5) is 25.1. The molecule has 0 radical (unpaired) electrons. The van der Waals surface area contributed by atoms with Crippen molar-refractivity contribution in [1.29, 1.82) is 0 Å². The molecule has 1 saturated heterocycles. The maximum atomic E-state index is 13.0. The molecule has 1 rings (SSSR count). The van der Waals surface area contributed by atoms with E-state index in [2.05, 4.69) is 43.5 Å². The van der Waals surface area contributed by atoms with Gasteiger partial charge in [0.25, 0.3) is 0 Å². The van der Waals surface area contributed by atoms with E-state index in [1.165, 1.54) is 283 Å². The number of aliphatic hydroxyl groups is 5. The lowest BCUT2D eigenvalue weighted by molar-refractivity contribution is -0.302. The van der Waals surface area contributed by atoms with Crippen LogP contribution in [0.25, 0.3) is 0 Å². The molecule has 11 heteroatoms. The van der Waals surface area contributed by atoms with Crippen molar-refractivity contribution >= 4 is 11.9 Å². The lowest BCUT2D eigenvalue weighted by Gasteiger charge is -2.40. The van der Waals surface area contributed by atoms with Crippen molar-refractivity contribution in [2.45, 2.75) is 403 Å². The average molecular weight is 1200 g/mol. The molecular formula is C74H139NO10. The molecule has 7 unspecified atom stereocenters. The molecule has 6 N–H and O–H groups in total. The van der Waals surface area contributed by atoms with E-state index in [9.17, 15) is 35.1 Å². The van der Waals surface area contributed by atoms with Gasteiger partial charge in [-0.1, -0.05) is 314 Å². The number of carbonyl (C=O) groups excluding carboxylic acids is 2. The van der Waals surface area contributed by atoms with Crippen molar-refractivity contribution < 1.29 is 49.3 Å². The number of allylic oxidation sites excluding steroid dienone is 5. The molecule has 0 spiro atoms. The third kappa shape index (κ3) is 52.4. The monoisotopic (exact) mass is 1200 g/mol. The average Bonchev–Trinajstić information content (AvgIpc) is 3.15. The van der Waals surface area contributed by atoms with Gasteiger partial charge in [0.05, 0.1) is 32.0 Å². The third-order valence-electron chi connectivity index (χ3n) is 17.5. The van der Waals surface area contributed by atoms with Crippen molar-refractivity contribution in [2.24, 2.45) is 0 Å². The zero-order valence-corrected chi connectivity index (χ0v) is 55.6. The molecule has 85 heavy (non-hydrogen) atoms. The summed E-state index contributed by atoms with van der Waals surface area (Å²) in [5, 5.41) is 54.3. The fraction of sp³-hybridized carbons (Fsp3) is 0.892. The number of carbonyl (C=O) groups is 2. The van der Waals surface area contributed by atoms with E-state index in [0.717, 1.165) is 51.4 Å². The second kappa shape index (κ2) is 63.4. The Hall–Kier alpha value is -2.12. The SMILES string of the molecule is CCCCC/C=C/CC/C=C/C(O)C(COC1OC(CO)C(O)C(O)C1O)NC(=O)CCCCCCCCCCCCCCCC/C=C\CCCCCCCCCCCCCCOC(=O)CCCCCCCCCCCCCCCCCCCC. The minimum atomic E-state index is -1.57. The lowest BCUT2D eigenvalue weighted by atomic mass is 9.99. The molecule has 0 aromatic rings. The van der Waals surface area contributed by atoms with Gasteiger partial charge in [-0.2, -0.15) is 0 Å². The second-order valence-corrected chi connectivity index (χ2v) is 25.6. The van der Waals surface area contributed by atoms with E-state index in [-0.39, 0.29) is 18.5 Å². The van der Waals surface area contributed by atoms with Crippen LogP contribution in [-0.2, 0) is 23.8 Å². The maximum absolute atomic E-state index is 13.0. The summed E-state index contributed by atoms with van der Waals surface area (Å²) in [6.07, 6.45) is 71.7. The van der Waals surface area contributed by atoms with Crippen LogP contribution in [0.2, 0.25) is 0 Å². The Kier molecular flexibility index (Phi) is 60.4. The predicted octanol–water partition coefficient (Wildman–Crippen LogP) is 19.0. The van der Waals surface area contributed by atoms with Crippen LogP contribution in [0.15, 0.2) is 36.5 Å². The van der Waals surface area contributed by atoms with Crippen LogP contribution in [0.5, 0.6) is 0 Å². The number of amides is 1. The molecule has 11 nitrogen and oxygen atoms in total. The first-order valence-electron chi connectivity index (χ1n) is 36.8. The highest BCUT2D eigenvalue weighted by atomic mass is 16.7. The Morgan fingerprint density at radius 1 is 0.424 bits per heavy atom. The van der Waals surface area contributed by atoms with Gasteiger partial charge in [-0.05, 0) is 70.6 Å². The van der Waals surface area contributed by atoms with Crippen LogP contribution in [-0.4, -0.2) is 100 Å². The molecule has 0 aliphatic carbocycles. The summed E-state index contributed by atoms with van der Waals surface area (Å²) in [5.41, 5.74) is 0. The molecule has 500 valence electrons. The first kappa shape index (κ1) is 80.9. The first-order chi connectivity index (χ1) is 41.7. The fourth-order valence-electron chi connectivity index (χ4n) is 11.7. The number of esters is 1. The molecule has 1 amide bonds. The highest BCUT2D eigenvalue weighted by Gasteiger charge is 2.44. The van der Waals surface area contributed by atoms with Gasteiger partial charge in [0, 0.05) is 12.8 Å². The third-order valence-corrected chi connectivity index (χ3v) is 17.5. The number of nitrogens with one attached hydrogen (secondary N) is 1. The smallest absolute Gasteiger partial charge is 0.305 e. The molecule has 0 aromatic carbocycles. The van der Waals surface area contributed by atoms with Gasteiger partial charge >= 0.3 is 5.97 Å². The minimum Gasteiger partial charge on any atom is -0.466 e. The van der Waals surface area contributed by atoms with Crippen molar-refractivity contribution in [2.75, 3.05) is 19.8 Å². The Labute approximate surface area is 523 Å². The molecule has 7 atom stereocenters. The summed E-state index contributed by atoms with van der Waals surface area (Å²) in [6, 6.07) is -0.825. The normalized spacial score (nSPS) is 18.1. The standard InChI is InChI=1S/C74H139NO10/c1-3-5-7-9-11-13-14-15-16-17-33-36-39-42-46-50-54-58-62-70(79)83-63-59-55-51-47-43-40-37-34-31-29-27-25-23-21-19-18-20-22-24-26-28-30-32-35-38-41-45-49-53-57-61-69(78)75-66(67(77)60-56-52-48-44-12-10-8-6-4-2)65-84-74-73(82)72(81)71(80)68(64-76)85-74/h12,19,21,44,56,60,66-68,71-74,76-77,80-82H,3-11,13-18,20,22-43,45-55,57-59,61-65H2,1-2H3,(H,75,78)/b21-19-,44-12+,60-56+. The van der Waals surface area contributed by atoms with Crippen LogP contribution < -0.4 is 5.32 Å². The Balaban J connectivity index is 1.89. The van der Waals surface area contributed by atoms with Crippen molar-refractivity contribution in [3.63, 3.8) is 0 Å². The number of ether oxygens (including phenoxy) is 3. The number of rotatable bonds is 65. The van der Waals surface area contributed by atoms with Gasteiger partial charge in [0.15, 0.2) is 6.29 Å². The van der Waals surface area contributed by atoms with Crippen LogP contribution in [0, 0.1) is 0 Å². The number of aliphatic hydroxyl groups excluding tert-OH is 5. The molecule has 1 heterocycles. The van der Waals surface area contributed by atoms with Gasteiger partial charge in [-0.25, -0.2) is 0 Å². The highest BCUT2D eigenvalue weighted by Crippen LogP contribution is 2.23. The molecule has 1 aliphatic rings. The topological polar surface area (TPSA) is 175 Å². The van der Waals surface area contributed by atoms with E-state index in [0.29, 0.717) is 19.4 Å².